The second-order valence-electron chi connectivity index (χ2n) is 7.81. The molecule has 0 fully saturated rings. The van der Waals surface area contributed by atoms with Gasteiger partial charge < -0.3 is 14.3 Å². The Balaban J connectivity index is 1.23. The van der Waals surface area contributed by atoms with Crippen LogP contribution in [0.4, 0.5) is 13.2 Å². The number of nitrogens with zero attached hydrogens (tertiary/aromatic N) is 4. The van der Waals surface area contributed by atoms with E-state index in [1.807, 2.05) is 12.1 Å². The van der Waals surface area contributed by atoms with E-state index in [9.17, 15) is 18.3 Å². The Hall–Kier alpha value is -3.57. The number of ether oxygens (including phenoxy) is 1. The molecule has 0 spiro atoms. The zero-order chi connectivity index (χ0) is 25.4. The van der Waals surface area contributed by atoms with Gasteiger partial charge in [0.2, 0.25) is 5.89 Å². The lowest BCUT2D eigenvalue weighted by Gasteiger charge is -2.12. The third kappa shape index (κ3) is 7.99. The van der Waals surface area contributed by atoms with Crippen LogP contribution in [0.25, 0.3) is 12.2 Å². The maximum Gasteiger partial charge on any atom is 0.446 e. The predicted molar refractivity (Wildman–Crippen MR) is 129 cm³/mol. The molecule has 0 amide bonds. The summed E-state index contributed by atoms with van der Waals surface area (Å²) in [6.45, 7) is 0.890. The predicted octanol–water partition coefficient (Wildman–Crippen LogP) is 6.14. The molecule has 2 aromatic carbocycles. The van der Waals surface area contributed by atoms with E-state index in [1.54, 1.807) is 53.5 Å². The largest absolute Gasteiger partial charge is 0.487 e. The highest BCUT2D eigenvalue weighted by atomic mass is 32.2. The zero-order valence-corrected chi connectivity index (χ0v) is 19.8. The maximum absolute atomic E-state index is 12.4. The monoisotopic (exact) mass is 516 g/mol. The molecule has 0 radical (unpaired) electrons. The van der Waals surface area contributed by atoms with Crippen LogP contribution in [-0.2, 0) is 13.2 Å². The van der Waals surface area contributed by atoms with Gasteiger partial charge in [-0.25, -0.2) is 4.98 Å². The SMILES string of the molecule is OC(CCCn1ccnn1)c1ccc(OCc2coc(C=Cc3ccc(SC(F)(F)F)cc3)n2)cc1. The van der Waals surface area contributed by atoms with Gasteiger partial charge >= 0.3 is 5.51 Å². The van der Waals surface area contributed by atoms with Crippen molar-refractivity contribution < 1.29 is 27.4 Å². The fourth-order valence-corrected chi connectivity index (χ4v) is 3.86. The molecule has 0 bridgehead atoms. The van der Waals surface area contributed by atoms with E-state index in [4.69, 9.17) is 9.15 Å². The van der Waals surface area contributed by atoms with E-state index in [1.165, 1.54) is 18.4 Å². The number of hydrogen-bond donors (Lipinski definition) is 1. The van der Waals surface area contributed by atoms with Crippen molar-refractivity contribution in [3.63, 3.8) is 0 Å². The normalized spacial score (nSPS) is 12.8. The van der Waals surface area contributed by atoms with Crippen LogP contribution >= 0.6 is 11.8 Å². The average Bonchev–Trinajstić information content (AvgIpc) is 3.54. The third-order valence-corrected chi connectivity index (χ3v) is 5.83. The summed E-state index contributed by atoms with van der Waals surface area (Å²) < 4.78 is 50.1. The Labute approximate surface area is 209 Å². The van der Waals surface area contributed by atoms with Crippen molar-refractivity contribution in [3.05, 3.63) is 89.9 Å². The molecule has 0 aliphatic heterocycles. The number of aryl methyl sites for hydroxylation is 1. The van der Waals surface area contributed by atoms with Crippen LogP contribution in [0.15, 0.2) is 76.5 Å². The first-order valence-corrected chi connectivity index (χ1v) is 11.9. The summed E-state index contributed by atoms with van der Waals surface area (Å²) in [7, 11) is 0. The van der Waals surface area contributed by atoms with Crippen molar-refractivity contribution in [1.29, 1.82) is 0 Å². The number of aliphatic hydroxyl groups excluding tert-OH is 1. The van der Waals surface area contributed by atoms with Gasteiger partial charge in [-0.1, -0.05) is 29.5 Å². The Kier molecular flexibility index (Phi) is 8.44. The quantitative estimate of drug-likeness (QED) is 0.240. The summed E-state index contributed by atoms with van der Waals surface area (Å²) in [5, 5.41) is 18.0. The molecule has 1 unspecified atom stereocenters. The molecule has 0 saturated heterocycles. The first-order valence-electron chi connectivity index (χ1n) is 11.1. The lowest BCUT2D eigenvalue weighted by molar-refractivity contribution is -0.0328. The number of alkyl halides is 3. The van der Waals surface area contributed by atoms with Gasteiger partial charge in [0.15, 0.2) is 0 Å². The second kappa shape index (κ2) is 11.9. The summed E-state index contributed by atoms with van der Waals surface area (Å²) in [6.07, 6.45) is 9.03. The van der Waals surface area contributed by atoms with Gasteiger partial charge in [-0.3, -0.25) is 4.68 Å². The molecular weight excluding hydrogens is 493 g/mol. The number of rotatable bonds is 11. The third-order valence-electron chi connectivity index (χ3n) is 5.09. The lowest BCUT2D eigenvalue weighted by Crippen LogP contribution is -2.03. The number of aromatic nitrogens is 4. The van der Waals surface area contributed by atoms with E-state index in [-0.39, 0.29) is 23.3 Å². The molecule has 2 heterocycles. The topological polar surface area (TPSA) is 86.2 Å². The molecule has 11 heteroatoms. The number of benzene rings is 2. The Morgan fingerprint density at radius 2 is 1.86 bits per heavy atom. The van der Waals surface area contributed by atoms with Crippen LogP contribution in [0.1, 0.15) is 41.7 Å². The maximum atomic E-state index is 12.4. The molecule has 7 nitrogen and oxygen atoms in total. The van der Waals surface area contributed by atoms with E-state index in [0.29, 0.717) is 30.3 Å². The van der Waals surface area contributed by atoms with Crippen molar-refractivity contribution in [2.75, 3.05) is 0 Å². The fraction of sp³-hybridized carbons (Fsp3) is 0.240. The van der Waals surface area contributed by atoms with Crippen molar-refractivity contribution in [2.45, 2.75) is 42.5 Å². The van der Waals surface area contributed by atoms with Crippen LogP contribution in [0.5, 0.6) is 5.75 Å². The molecule has 1 N–H and O–H groups in total. The minimum absolute atomic E-state index is 0.126. The number of oxazole rings is 1. The molecule has 1 atom stereocenters. The molecule has 0 aliphatic rings. The molecule has 36 heavy (non-hydrogen) atoms. The van der Waals surface area contributed by atoms with Crippen LogP contribution in [0, 0.1) is 0 Å². The molecule has 4 rings (SSSR count). The van der Waals surface area contributed by atoms with E-state index < -0.39 is 11.6 Å². The van der Waals surface area contributed by atoms with E-state index >= 15 is 0 Å². The smallest absolute Gasteiger partial charge is 0.446 e. The zero-order valence-electron chi connectivity index (χ0n) is 19.0. The summed E-state index contributed by atoms with van der Waals surface area (Å²) in [5.74, 6) is 0.984. The van der Waals surface area contributed by atoms with Crippen molar-refractivity contribution in [3.8, 4) is 5.75 Å². The van der Waals surface area contributed by atoms with Crippen molar-refractivity contribution in [2.24, 2.45) is 0 Å². The molecular formula is C25H23F3N4O3S. The highest BCUT2D eigenvalue weighted by Crippen LogP contribution is 2.36. The van der Waals surface area contributed by atoms with Gasteiger partial charge in [-0.2, -0.15) is 13.2 Å². The molecule has 4 aromatic rings. The van der Waals surface area contributed by atoms with Gasteiger partial charge in [-0.15, -0.1) is 5.10 Å². The first-order chi connectivity index (χ1) is 17.3. The fourth-order valence-electron chi connectivity index (χ4n) is 3.32. The Morgan fingerprint density at radius 3 is 2.56 bits per heavy atom. The summed E-state index contributed by atoms with van der Waals surface area (Å²) >= 11 is -0.151. The number of aliphatic hydroxyl groups is 1. The van der Waals surface area contributed by atoms with Gasteiger partial charge in [0, 0.05) is 23.7 Å². The van der Waals surface area contributed by atoms with E-state index in [0.717, 1.165) is 17.5 Å². The van der Waals surface area contributed by atoms with Gasteiger partial charge in [0.05, 0.1) is 12.3 Å². The van der Waals surface area contributed by atoms with Crippen LogP contribution in [0.2, 0.25) is 0 Å². The number of hydrogen-bond acceptors (Lipinski definition) is 7. The highest BCUT2D eigenvalue weighted by Gasteiger charge is 2.28. The first kappa shape index (κ1) is 25.5. The Bertz CT molecular complexity index is 1240. The molecule has 2 aromatic heterocycles. The minimum Gasteiger partial charge on any atom is -0.487 e. The lowest BCUT2D eigenvalue weighted by atomic mass is 10.0. The second-order valence-corrected chi connectivity index (χ2v) is 8.95. The van der Waals surface area contributed by atoms with Crippen LogP contribution in [0.3, 0.4) is 0 Å². The summed E-state index contributed by atoms with van der Waals surface area (Å²) in [6, 6.07) is 13.2. The van der Waals surface area contributed by atoms with E-state index in [2.05, 4.69) is 15.3 Å². The summed E-state index contributed by atoms with van der Waals surface area (Å²) in [5.41, 5.74) is -2.20. The molecule has 0 aliphatic carbocycles. The van der Waals surface area contributed by atoms with Crippen LogP contribution < -0.4 is 4.74 Å². The average molecular weight is 517 g/mol. The standard InChI is InChI=1S/C25H23F3N4O3S/c26-25(27,28)36-22-10-3-18(4-11-22)5-12-24-30-20(17-35-24)16-34-21-8-6-19(7-9-21)23(33)2-1-14-32-15-13-29-31-32/h3-13,15,17,23,33H,1-2,14,16H2. The molecule has 0 saturated carbocycles. The van der Waals surface area contributed by atoms with Gasteiger partial charge in [-0.05, 0) is 66.1 Å². The minimum atomic E-state index is -4.31. The number of halogens is 3. The van der Waals surface area contributed by atoms with Gasteiger partial charge in [0.25, 0.3) is 0 Å². The van der Waals surface area contributed by atoms with Crippen molar-refractivity contribution in [1.82, 2.24) is 20.0 Å². The van der Waals surface area contributed by atoms with Gasteiger partial charge in [0.1, 0.15) is 24.3 Å². The molecule has 188 valence electrons. The highest BCUT2D eigenvalue weighted by molar-refractivity contribution is 8.00. The summed E-state index contributed by atoms with van der Waals surface area (Å²) in [4.78, 5) is 4.45. The number of thioether (sulfide) groups is 1. The van der Waals surface area contributed by atoms with Crippen molar-refractivity contribution >= 4 is 23.9 Å². The Morgan fingerprint density at radius 1 is 1.08 bits per heavy atom. The van der Waals surface area contributed by atoms with Crippen LogP contribution in [-0.4, -0.2) is 30.6 Å².